The Balaban J connectivity index is 0.000000465. The highest BCUT2D eigenvalue weighted by Crippen LogP contribution is 2.28. The van der Waals surface area contributed by atoms with Crippen molar-refractivity contribution < 1.29 is 28.8 Å². The van der Waals surface area contributed by atoms with E-state index in [-0.39, 0.29) is 11.6 Å². The van der Waals surface area contributed by atoms with Crippen molar-refractivity contribution in [3.05, 3.63) is 70.3 Å². The van der Waals surface area contributed by atoms with Crippen LogP contribution in [0.15, 0.2) is 42.5 Å². The van der Waals surface area contributed by atoms with Crippen LogP contribution in [0.1, 0.15) is 51.3 Å². The Labute approximate surface area is 157 Å². The lowest BCUT2D eigenvalue weighted by atomic mass is 9.83. The smallest absolute Gasteiger partial charge is 0.303 e. The summed E-state index contributed by atoms with van der Waals surface area (Å²) in [6.07, 6.45) is 0. The van der Waals surface area contributed by atoms with E-state index in [0.29, 0.717) is 22.3 Å². The quantitative estimate of drug-likeness (QED) is 0.585. The van der Waals surface area contributed by atoms with Crippen LogP contribution in [0, 0.1) is 0 Å². The minimum absolute atomic E-state index is 0.0494. The molecular formula is C19H22NO6P. The molecule has 7 nitrogen and oxygen atoms in total. The van der Waals surface area contributed by atoms with Gasteiger partial charge in [0.15, 0.2) is 11.6 Å². The summed E-state index contributed by atoms with van der Waals surface area (Å²) in [6.45, 7) is 6.95. The summed E-state index contributed by atoms with van der Waals surface area (Å²) in [5, 5.41) is 0. The van der Waals surface area contributed by atoms with E-state index in [0.717, 1.165) is 25.2 Å². The second kappa shape index (κ2) is 8.69. The van der Waals surface area contributed by atoms with E-state index in [4.69, 9.17) is 19.2 Å². The van der Waals surface area contributed by atoms with Crippen molar-refractivity contribution in [2.45, 2.75) is 20.4 Å². The molecule has 0 spiro atoms. The fourth-order valence-electron chi connectivity index (χ4n) is 2.95. The van der Waals surface area contributed by atoms with E-state index in [2.05, 4.69) is 18.7 Å². The maximum Gasteiger partial charge on any atom is 0.466 e. The molecule has 27 heavy (non-hydrogen) atoms. The zero-order valence-corrected chi connectivity index (χ0v) is 16.0. The Bertz CT molecular complexity index is 893. The number of phosphoric acid groups is 1. The molecule has 0 aliphatic heterocycles. The van der Waals surface area contributed by atoms with Crippen molar-refractivity contribution in [1.82, 2.24) is 4.90 Å². The number of ketones is 2. The molecule has 2 aromatic rings. The monoisotopic (exact) mass is 391 g/mol. The number of rotatable bonds is 4. The summed E-state index contributed by atoms with van der Waals surface area (Å²) in [4.78, 5) is 49.0. The summed E-state index contributed by atoms with van der Waals surface area (Å²) < 4.78 is 8.88. The van der Waals surface area contributed by atoms with E-state index in [1.165, 1.54) is 0 Å². The van der Waals surface area contributed by atoms with Crippen molar-refractivity contribution in [3.63, 3.8) is 0 Å². The minimum Gasteiger partial charge on any atom is -0.303 e. The van der Waals surface area contributed by atoms with Gasteiger partial charge in [0, 0.05) is 28.8 Å². The van der Waals surface area contributed by atoms with Crippen molar-refractivity contribution in [3.8, 4) is 0 Å². The first kappa shape index (κ1) is 21.2. The van der Waals surface area contributed by atoms with Gasteiger partial charge in [0.1, 0.15) is 0 Å². The zero-order chi connectivity index (χ0) is 20.2. The zero-order valence-electron chi connectivity index (χ0n) is 15.1. The van der Waals surface area contributed by atoms with Crippen molar-refractivity contribution >= 4 is 19.4 Å². The van der Waals surface area contributed by atoms with Gasteiger partial charge in [0.25, 0.3) is 0 Å². The number of fused-ring (bicyclic) bond motifs is 2. The Morgan fingerprint density at radius 1 is 0.815 bits per heavy atom. The number of nitrogens with zero attached hydrogens (tertiary/aromatic N) is 1. The van der Waals surface area contributed by atoms with Gasteiger partial charge in [-0.3, -0.25) is 14.5 Å². The van der Waals surface area contributed by atoms with Gasteiger partial charge in [-0.25, -0.2) is 4.57 Å². The molecule has 0 amide bonds. The second-order valence-electron chi connectivity index (χ2n) is 6.06. The number of benzene rings is 2. The number of carbonyl (C=O) groups excluding carboxylic acids is 2. The summed E-state index contributed by atoms with van der Waals surface area (Å²) in [5.74, 6) is -0.105. The molecular weight excluding hydrogens is 369 g/mol. The summed E-state index contributed by atoms with van der Waals surface area (Å²) in [6, 6.07) is 12.7. The summed E-state index contributed by atoms with van der Waals surface area (Å²) in [5.41, 5.74) is 3.15. The lowest BCUT2D eigenvalue weighted by Gasteiger charge is -2.21. The van der Waals surface area contributed by atoms with Crippen molar-refractivity contribution in [1.29, 1.82) is 0 Å². The van der Waals surface area contributed by atoms with Crippen LogP contribution in [0.25, 0.3) is 0 Å². The molecule has 144 valence electrons. The SMILES string of the molecule is CCN(CC)Cc1ccc2c(c1)C(=O)c1ccccc1C2=O.O=P(O)(O)O. The molecule has 8 heteroatoms. The van der Waals surface area contributed by atoms with Gasteiger partial charge in [-0.1, -0.05) is 44.2 Å². The molecule has 0 atom stereocenters. The Morgan fingerprint density at radius 3 is 1.74 bits per heavy atom. The maximum atomic E-state index is 12.7. The third-order valence-electron chi connectivity index (χ3n) is 4.29. The Hall–Kier alpha value is -2.15. The average molecular weight is 391 g/mol. The standard InChI is InChI=1S/C19H19NO2.H3O4P/c1-3-20(4-2)12-13-9-10-16-17(11-13)19(22)15-8-6-5-7-14(15)18(16)21;1-5(2,3)4/h5-11H,3-4,12H2,1-2H3;(H3,1,2,3,4). The third kappa shape index (κ3) is 5.42. The van der Waals surface area contributed by atoms with Gasteiger partial charge in [-0.05, 0) is 30.8 Å². The Morgan fingerprint density at radius 2 is 1.26 bits per heavy atom. The molecule has 0 bridgehead atoms. The molecule has 0 aromatic heterocycles. The van der Waals surface area contributed by atoms with E-state index in [1.807, 2.05) is 12.1 Å². The summed E-state index contributed by atoms with van der Waals surface area (Å²) >= 11 is 0. The summed E-state index contributed by atoms with van der Waals surface area (Å²) in [7, 11) is -4.64. The second-order valence-corrected chi connectivity index (χ2v) is 7.08. The first-order valence-electron chi connectivity index (χ1n) is 8.47. The highest BCUT2D eigenvalue weighted by atomic mass is 31.2. The van der Waals surface area contributed by atoms with Crippen LogP contribution in [0.4, 0.5) is 0 Å². The number of hydrogen-bond donors (Lipinski definition) is 3. The van der Waals surface area contributed by atoms with Gasteiger partial charge in [-0.2, -0.15) is 0 Å². The van der Waals surface area contributed by atoms with E-state index < -0.39 is 7.82 Å². The van der Waals surface area contributed by atoms with Crippen LogP contribution in [0.2, 0.25) is 0 Å². The number of carbonyl (C=O) groups is 2. The Kier molecular flexibility index (Phi) is 6.81. The van der Waals surface area contributed by atoms with Crippen LogP contribution < -0.4 is 0 Å². The molecule has 0 heterocycles. The molecule has 0 radical (unpaired) electrons. The topological polar surface area (TPSA) is 115 Å². The molecule has 2 aromatic carbocycles. The third-order valence-corrected chi connectivity index (χ3v) is 4.29. The molecule has 3 rings (SSSR count). The van der Waals surface area contributed by atoms with Crippen molar-refractivity contribution in [2.24, 2.45) is 0 Å². The largest absolute Gasteiger partial charge is 0.466 e. The van der Waals surface area contributed by atoms with Gasteiger partial charge in [-0.15, -0.1) is 0 Å². The highest BCUT2D eigenvalue weighted by molar-refractivity contribution is 7.45. The first-order chi connectivity index (χ1) is 12.7. The van der Waals surface area contributed by atoms with Crippen LogP contribution in [-0.4, -0.2) is 44.2 Å². The molecule has 0 unspecified atom stereocenters. The predicted octanol–water partition coefficient (Wildman–Crippen LogP) is 2.38. The normalized spacial score (nSPS) is 13.0. The molecule has 3 N–H and O–H groups in total. The highest BCUT2D eigenvalue weighted by Gasteiger charge is 2.29. The van der Waals surface area contributed by atoms with Crippen LogP contribution in [0.3, 0.4) is 0 Å². The van der Waals surface area contributed by atoms with Crippen molar-refractivity contribution in [2.75, 3.05) is 13.1 Å². The van der Waals surface area contributed by atoms with Crippen LogP contribution >= 0.6 is 7.82 Å². The molecule has 0 fully saturated rings. The predicted molar refractivity (Wildman–Crippen MR) is 101 cm³/mol. The lowest BCUT2D eigenvalue weighted by molar-refractivity contribution is 0.0979. The first-order valence-corrected chi connectivity index (χ1v) is 10.0. The van der Waals surface area contributed by atoms with E-state index >= 15 is 0 Å². The molecule has 0 saturated carbocycles. The molecule has 1 aliphatic rings. The van der Waals surface area contributed by atoms with Crippen LogP contribution in [0.5, 0.6) is 0 Å². The maximum absolute atomic E-state index is 12.7. The lowest BCUT2D eigenvalue weighted by Crippen LogP contribution is -2.24. The number of hydrogen-bond acceptors (Lipinski definition) is 4. The van der Waals surface area contributed by atoms with E-state index in [9.17, 15) is 9.59 Å². The van der Waals surface area contributed by atoms with Gasteiger partial charge in [0.05, 0.1) is 0 Å². The molecule has 1 aliphatic carbocycles. The minimum atomic E-state index is -4.64. The fraction of sp³-hybridized carbons (Fsp3) is 0.263. The van der Waals surface area contributed by atoms with Gasteiger partial charge in [0.2, 0.25) is 0 Å². The molecule has 0 saturated heterocycles. The van der Waals surface area contributed by atoms with Gasteiger partial charge < -0.3 is 14.7 Å². The fourth-order valence-corrected chi connectivity index (χ4v) is 2.95. The van der Waals surface area contributed by atoms with Gasteiger partial charge >= 0.3 is 7.82 Å². The van der Waals surface area contributed by atoms with Crippen LogP contribution in [-0.2, 0) is 11.1 Å². The average Bonchev–Trinajstić information content (AvgIpc) is 2.62. The van der Waals surface area contributed by atoms with E-state index in [1.54, 1.807) is 30.3 Å².